The number of hydrogen-bond acceptors (Lipinski definition) is 8. The van der Waals surface area contributed by atoms with Crippen molar-refractivity contribution in [2.24, 2.45) is 0 Å². The fourth-order valence-electron chi connectivity index (χ4n) is 5.12. The van der Waals surface area contributed by atoms with E-state index in [1.165, 1.54) is 0 Å². The smallest absolute Gasteiger partial charge is 0.243 e. The van der Waals surface area contributed by atoms with Gasteiger partial charge in [0.2, 0.25) is 10.0 Å². The van der Waals surface area contributed by atoms with Gasteiger partial charge in [-0.1, -0.05) is 12.1 Å². The highest BCUT2D eigenvalue weighted by Crippen LogP contribution is 2.29. The normalized spacial score (nSPS) is 18.6. The summed E-state index contributed by atoms with van der Waals surface area (Å²) in [5.74, 6) is 1.70. The predicted molar refractivity (Wildman–Crippen MR) is 145 cm³/mol. The molecule has 10 nitrogen and oxygen atoms in total. The molecular weight excluding hydrogens is 502 g/mol. The summed E-state index contributed by atoms with van der Waals surface area (Å²) in [5.41, 5.74) is 1.74. The van der Waals surface area contributed by atoms with Crippen molar-refractivity contribution < 1.29 is 13.2 Å². The van der Waals surface area contributed by atoms with E-state index in [-0.39, 0.29) is 6.04 Å². The first-order valence-electron chi connectivity index (χ1n) is 12.9. The van der Waals surface area contributed by atoms with Gasteiger partial charge in [0.25, 0.3) is 0 Å². The lowest BCUT2D eigenvalue weighted by Crippen LogP contribution is -2.49. The van der Waals surface area contributed by atoms with Crippen LogP contribution < -0.4 is 4.90 Å². The number of aromatic nitrogens is 4. The number of anilines is 1. The van der Waals surface area contributed by atoms with Crippen molar-refractivity contribution in [1.29, 1.82) is 0 Å². The van der Waals surface area contributed by atoms with Gasteiger partial charge in [0.05, 0.1) is 35.4 Å². The van der Waals surface area contributed by atoms with Crippen LogP contribution in [0.2, 0.25) is 0 Å². The van der Waals surface area contributed by atoms with Crippen molar-refractivity contribution in [2.45, 2.75) is 17.9 Å². The third-order valence-electron chi connectivity index (χ3n) is 7.35. The van der Waals surface area contributed by atoms with Crippen LogP contribution in [-0.2, 0) is 14.8 Å². The van der Waals surface area contributed by atoms with Gasteiger partial charge < -0.3 is 9.64 Å². The summed E-state index contributed by atoms with van der Waals surface area (Å²) in [6, 6.07) is 16.8. The predicted octanol–water partition coefficient (Wildman–Crippen LogP) is 2.72. The molecule has 2 aromatic carbocycles. The Morgan fingerprint density at radius 3 is 2.32 bits per heavy atom. The minimum atomic E-state index is -3.58. The molecule has 4 heterocycles. The fraction of sp³-hybridized carbons (Fsp3) is 0.370. The van der Waals surface area contributed by atoms with Crippen molar-refractivity contribution in [3.63, 3.8) is 0 Å². The molecule has 0 spiro atoms. The fourth-order valence-corrected chi connectivity index (χ4v) is 6.54. The molecule has 2 aliphatic rings. The Labute approximate surface area is 222 Å². The number of nitrogens with zero attached hydrogens (tertiary/aromatic N) is 7. The molecule has 0 aliphatic carbocycles. The highest BCUT2D eigenvalue weighted by atomic mass is 32.2. The Bertz CT molecular complexity index is 1500. The molecule has 0 bridgehead atoms. The van der Waals surface area contributed by atoms with Crippen LogP contribution in [-0.4, -0.2) is 89.9 Å². The maximum absolute atomic E-state index is 13.3. The second-order valence-electron chi connectivity index (χ2n) is 9.58. The third-order valence-corrected chi connectivity index (χ3v) is 9.26. The summed E-state index contributed by atoms with van der Waals surface area (Å²) >= 11 is 0. The Kier molecular flexibility index (Phi) is 6.83. The van der Waals surface area contributed by atoms with Crippen molar-refractivity contribution >= 4 is 26.7 Å². The minimum Gasteiger partial charge on any atom is -0.378 e. The molecule has 0 unspecified atom stereocenters. The molecule has 4 aromatic rings. The number of ether oxygens (including phenoxy) is 1. The van der Waals surface area contributed by atoms with Crippen LogP contribution in [0.25, 0.3) is 16.6 Å². The number of hydrogen-bond donors (Lipinski definition) is 0. The summed E-state index contributed by atoms with van der Waals surface area (Å²) in [5, 5.41) is 5.24. The second-order valence-corrected chi connectivity index (χ2v) is 11.5. The molecule has 38 heavy (non-hydrogen) atoms. The molecule has 2 aliphatic heterocycles. The Morgan fingerprint density at radius 2 is 1.61 bits per heavy atom. The van der Waals surface area contributed by atoms with Gasteiger partial charge in [-0.15, -0.1) is 0 Å². The van der Waals surface area contributed by atoms with Crippen LogP contribution in [0, 0.1) is 0 Å². The van der Waals surface area contributed by atoms with Gasteiger partial charge in [-0.3, -0.25) is 4.90 Å². The molecule has 6 rings (SSSR count). The first-order chi connectivity index (χ1) is 18.5. The van der Waals surface area contributed by atoms with Crippen LogP contribution in [0.1, 0.15) is 18.8 Å². The number of morpholine rings is 1. The molecule has 11 heteroatoms. The Morgan fingerprint density at radius 1 is 0.868 bits per heavy atom. The topological polar surface area (TPSA) is 96.7 Å². The van der Waals surface area contributed by atoms with E-state index in [1.807, 2.05) is 30.5 Å². The van der Waals surface area contributed by atoms with E-state index >= 15 is 0 Å². The van der Waals surface area contributed by atoms with Crippen LogP contribution in [0.3, 0.4) is 0 Å². The summed E-state index contributed by atoms with van der Waals surface area (Å²) in [6.45, 7) is 7.11. The molecule has 0 saturated carbocycles. The summed E-state index contributed by atoms with van der Waals surface area (Å²) in [4.78, 5) is 14.8. The third kappa shape index (κ3) is 4.78. The molecule has 2 fully saturated rings. The average Bonchev–Trinajstić information content (AvgIpc) is 3.52. The lowest BCUT2D eigenvalue weighted by atomic mass is 10.1. The quantitative estimate of drug-likeness (QED) is 0.373. The highest BCUT2D eigenvalue weighted by Gasteiger charge is 2.31. The van der Waals surface area contributed by atoms with E-state index in [0.717, 1.165) is 41.3 Å². The molecule has 2 aromatic heterocycles. The van der Waals surface area contributed by atoms with E-state index in [4.69, 9.17) is 14.7 Å². The molecule has 2 saturated heterocycles. The lowest BCUT2D eigenvalue weighted by Gasteiger charge is -2.37. The van der Waals surface area contributed by atoms with Gasteiger partial charge in [0.15, 0.2) is 0 Å². The summed E-state index contributed by atoms with van der Waals surface area (Å²) in [7, 11) is -3.58. The lowest BCUT2D eigenvalue weighted by molar-refractivity contribution is 0.122. The SMILES string of the molecule is C[C@H](c1nc(N2CCOCC2)c2ccccc2n1)N1CCN(S(=O)(=O)c2ccc(-n3cccn3)cc2)CC1. The summed E-state index contributed by atoms with van der Waals surface area (Å²) in [6.07, 6.45) is 3.52. The van der Waals surface area contributed by atoms with E-state index in [2.05, 4.69) is 27.9 Å². The van der Waals surface area contributed by atoms with E-state index in [1.54, 1.807) is 39.4 Å². The van der Waals surface area contributed by atoms with E-state index in [9.17, 15) is 8.42 Å². The van der Waals surface area contributed by atoms with Gasteiger partial charge in [0, 0.05) is 57.0 Å². The van der Waals surface area contributed by atoms with E-state index < -0.39 is 10.0 Å². The Balaban J connectivity index is 1.17. The van der Waals surface area contributed by atoms with E-state index in [0.29, 0.717) is 44.3 Å². The first kappa shape index (κ1) is 24.9. The molecule has 198 valence electrons. The standard InChI is InChI=1S/C27H31N7O3S/c1-21(26-29-25-6-3-2-5-24(25)27(30-26)32-17-19-37-20-18-32)31-13-15-33(16-14-31)38(35,36)23-9-7-22(8-10-23)34-12-4-11-28-34/h2-12,21H,13-20H2,1H3/t21-/m1/s1. The largest absolute Gasteiger partial charge is 0.378 e. The summed E-state index contributed by atoms with van der Waals surface area (Å²) < 4.78 is 35.5. The molecule has 0 radical (unpaired) electrons. The van der Waals surface area contributed by atoms with Gasteiger partial charge >= 0.3 is 0 Å². The number of fused-ring (bicyclic) bond motifs is 1. The zero-order chi connectivity index (χ0) is 26.1. The van der Waals surface area contributed by atoms with Crippen molar-refractivity contribution in [3.05, 3.63) is 72.8 Å². The maximum atomic E-state index is 13.3. The average molecular weight is 534 g/mol. The molecular formula is C27H31N7O3S. The van der Waals surface area contributed by atoms with Gasteiger partial charge in [0.1, 0.15) is 11.6 Å². The monoisotopic (exact) mass is 533 g/mol. The van der Waals surface area contributed by atoms with Gasteiger partial charge in [-0.05, 0) is 49.4 Å². The van der Waals surface area contributed by atoms with Gasteiger partial charge in [-0.25, -0.2) is 23.1 Å². The number of piperazine rings is 1. The van der Waals surface area contributed by atoms with Crippen molar-refractivity contribution in [3.8, 4) is 5.69 Å². The zero-order valence-corrected chi connectivity index (χ0v) is 22.2. The molecule has 1 atom stereocenters. The van der Waals surface area contributed by atoms with Crippen LogP contribution in [0.15, 0.2) is 71.9 Å². The van der Waals surface area contributed by atoms with Gasteiger partial charge in [-0.2, -0.15) is 9.40 Å². The molecule has 0 N–H and O–H groups in total. The van der Waals surface area contributed by atoms with Crippen molar-refractivity contribution in [1.82, 2.24) is 29.0 Å². The number of para-hydroxylation sites is 1. The molecule has 0 amide bonds. The van der Waals surface area contributed by atoms with Crippen LogP contribution >= 0.6 is 0 Å². The number of benzene rings is 2. The number of sulfonamides is 1. The Hall–Kier alpha value is -3.38. The minimum absolute atomic E-state index is 0.0439. The van der Waals surface area contributed by atoms with Crippen molar-refractivity contribution in [2.75, 3.05) is 57.4 Å². The number of rotatable bonds is 6. The first-order valence-corrected chi connectivity index (χ1v) is 14.4. The van der Waals surface area contributed by atoms with Crippen LogP contribution in [0.4, 0.5) is 5.82 Å². The zero-order valence-electron chi connectivity index (χ0n) is 21.3. The van der Waals surface area contributed by atoms with Crippen LogP contribution in [0.5, 0.6) is 0 Å². The maximum Gasteiger partial charge on any atom is 0.243 e. The second kappa shape index (κ2) is 10.4. The highest BCUT2D eigenvalue weighted by molar-refractivity contribution is 7.89.